The number of hydrogen-bond donors (Lipinski definition) is 0. The molecule has 45 heavy (non-hydrogen) atoms. The average molecular weight is 784 g/mol. The maximum atomic E-state index is 2.26. The van der Waals surface area contributed by atoms with Gasteiger partial charge < -0.3 is 24.8 Å². The molecule has 0 aliphatic rings. The second-order valence-electron chi connectivity index (χ2n) is 10.6. The fourth-order valence-electron chi connectivity index (χ4n) is 5.61. The Morgan fingerprint density at radius 3 is 0.933 bits per heavy atom. The Morgan fingerprint density at radius 2 is 0.578 bits per heavy atom. The van der Waals surface area contributed by atoms with Crippen LogP contribution in [0.2, 0.25) is 0 Å². The molecule has 0 aliphatic carbocycles. The standard InChI is InChI=1S/2C21H15.2ClH.Hf/c2*1-2-6-16(7-3-1)17-10-12-18(13-11-17)21-14-19-8-4-5-9-20(19)15-21;;;/h2*1-15H;2*1H;/q2*-1;;;+4/p-2. The van der Waals surface area contributed by atoms with E-state index in [0.717, 1.165) is 0 Å². The summed E-state index contributed by atoms with van der Waals surface area (Å²) in [6.07, 6.45) is 0. The van der Waals surface area contributed by atoms with Crippen molar-refractivity contribution in [3.8, 4) is 44.5 Å². The number of fused-ring (bicyclic) bond motifs is 2. The molecule has 0 atom stereocenters. The number of hydrogen-bond acceptors (Lipinski definition) is 0. The first-order valence-corrected chi connectivity index (χ1v) is 14.4. The van der Waals surface area contributed by atoms with E-state index in [0.29, 0.717) is 0 Å². The summed E-state index contributed by atoms with van der Waals surface area (Å²) < 4.78 is 0. The van der Waals surface area contributed by atoms with Crippen molar-refractivity contribution in [1.29, 1.82) is 0 Å². The number of halogens is 2. The van der Waals surface area contributed by atoms with E-state index in [1.54, 1.807) is 0 Å². The van der Waals surface area contributed by atoms with Gasteiger partial charge in [0.15, 0.2) is 0 Å². The van der Waals surface area contributed by atoms with Gasteiger partial charge in [-0.05, 0) is 22.3 Å². The van der Waals surface area contributed by atoms with Gasteiger partial charge in [-0.15, -0.1) is 69.1 Å². The molecule has 0 saturated heterocycles. The topological polar surface area (TPSA) is 0 Å². The molecule has 0 heterocycles. The van der Waals surface area contributed by atoms with Crippen molar-refractivity contribution >= 4 is 21.5 Å². The first kappa shape index (κ1) is 33.9. The third-order valence-corrected chi connectivity index (χ3v) is 7.89. The van der Waals surface area contributed by atoms with Crippen LogP contribution < -0.4 is 24.8 Å². The molecular weight excluding hydrogens is 754 g/mol. The zero-order chi connectivity index (χ0) is 28.1. The van der Waals surface area contributed by atoms with Crippen LogP contribution in [0.5, 0.6) is 0 Å². The van der Waals surface area contributed by atoms with Crippen LogP contribution in [-0.4, -0.2) is 0 Å². The van der Waals surface area contributed by atoms with Crippen LogP contribution in [0.3, 0.4) is 0 Å². The Morgan fingerprint density at radius 1 is 0.289 bits per heavy atom. The quantitative estimate of drug-likeness (QED) is 0.157. The van der Waals surface area contributed by atoms with E-state index in [1.807, 2.05) is 12.1 Å². The van der Waals surface area contributed by atoms with Crippen molar-refractivity contribution in [2.75, 3.05) is 0 Å². The fourth-order valence-corrected chi connectivity index (χ4v) is 5.61. The van der Waals surface area contributed by atoms with E-state index in [9.17, 15) is 0 Å². The van der Waals surface area contributed by atoms with Gasteiger partial charge in [0.05, 0.1) is 0 Å². The summed E-state index contributed by atoms with van der Waals surface area (Å²) in [5.74, 6) is 0. The van der Waals surface area contributed by atoms with Crippen LogP contribution in [0.1, 0.15) is 0 Å². The van der Waals surface area contributed by atoms with Crippen LogP contribution >= 0.6 is 0 Å². The zero-order valence-corrected chi connectivity index (χ0v) is 29.7. The average Bonchev–Trinajstić information content (AvgIpc) is 3.71. The molecule has 0 N–H and O–H groups in total. The van der Waals surface area contributed by atoms with E-state index in [-0.39, 0.29) is 50.7 Å². The van der Waals surface area contributed by atoms with E-state index < -0.39 is 0 Å². The molecule has 0 saturated carbocycles. The summed E-state index contributed by atoms with van der Waals surface area (Å²) in [4.78, 5) is 0. The monoisotopic (exact) mass is 784 g/mol. The molecule has 0 spiro atoms. The summed E-state index contributed by atoms with van der Waals surface area (Å²) in [5, 5.41) is 5.22. The van der Waals surface area contributed by atoms with E-state index in [4.69, 9.17) is 0 Å². The minimum absolute atomic E-state index is 0. The predicted molar refractivity (Wildman–Crippen MR) is 181 cm³/mol. The van der Waals surface area contributed by atoms with Crippen LogP contribution in [0, 0.1) is 0 Å². The summed E-state index contributed by atoms with van der Waals surface area (Å²) in [7, 11) is 0. The first-order chi connectivity index (χ1) is 20.8. The van der Waals surface area contributed by atoms with Gasteiger partial charge in [0.25, 0.3) is 0 Å². The van der Waals surface area contributed by atoms with Gasteiger partial charge in [0.1, 0.15) is 0 Å². The SMILES string of the molecule is [Cl-].[Cl-].[Hf+4].c1ccc(-c2ccc(-c3cc4ccccc4[cH-]3)cc2)cc1.c1ccc(-c2ccc(-c3cc4ccccc4[cH-]3)cc2)cc1. The van der Waals surface area contributed by atoms with E-state index in [1.165, 1.54) is 66.1 Å². The van der Waals surface area contributed by atoms with Gasteiger partial charge in [-0.1, -0.05) is 157 Å². The molecule has 0 fully saturated rings. The largest absolute Gasteiger partial charge is 4.00 e. The van der Waals surface area contributed by atoms with Crippen molar-refractivity contribution < 1.29 is 50.7 Å². The molecule has 0 aliphatic heterocycles. The van der Waals surface area contributed by atoms with E-state index in [2.05, 4.69) is 170 Å². The molecule has 0 amide bonds. The van der Waals surface area contributed by atoms with Crippen molar-refractivity contribution in [2.45, 2.75) is 0 Å². The molecule has 8 aromatic rings. The van der Waals surface area contributed by atoms with Crippen molar-refractivity contribution in [2.24, 2.45) is 0 Å². The van der Waals surface area contributed by atoms with Crippen LogP contribution in [0.25, 0.3) is 66.1 Å². The molecule has 8 aromatic carbocycles. The maximum absolute atomic E-state index is 2.26. The number of rotatable bonds is 4. The third-order valence-electron chi connectivity index (χ3n) is 7.89. The summed E-state index contributed by atoms with van der Waals surface area (Å²) >= 11 is 0. The molecule has 3 heteroatoms. The first-order valence-electron chi connectivity index (χ1n) is 14.4. The molecule has 216 valence electrons. The molecule has 0 unspecified atom stereocenters. The number of benzene rings is 6. The Hall–Kier alpha value is -4.01. The Kier molecular flexibility index (Phi) is 11.9. The molecule has 8 rings (SSSR count). The van der Waals surface area contributed by atoms with Crippen LogP contribution in [-0.2, 0) is 25.8 Å². The Bertz CT molecular complexity index is 1840. The second-order valence-corrected chi connectivity index (χ2v) is 10.6. The normalized spacial score (nSPS) is 10.1. The van der Waals surface area contributed by atoms with Gasteiger partial charge in [0.2, 0.25) is 0 Å². The molecule has 0 radical (unpaired) electrons. The van der Waals surface area contributed by atoms with Gasteiger partial charge >= 0.3 is 25.8 Å². The summed E-state index contributed by atoms with van der Waals surface area (Å²) in [5.41, 5.74) is 10.2. The zero-order valence-electron chi connectivity index (χ0n) is 24.6. The smallest absolute Gasteiger partial charge is 1.00 e. The second kappa shape index (κ2) is 15.8. The van der Waals surface area contributed by atoms with Crippen LogP contribution in [0.4, 0.5) is 0 Å². The van der Waals surface area contributed by atoms with Gasteiger partial charge in [-0.2, -0.15) is 0 Å². The molecule has 0 nitrogen and oxygen atoms in total. The summed E-state index contributed by atoms with van der Waals surface area (Å²) in [6.45, 7) is 0. The van der Waals surface area contributed by atoms with Gasteiger partial charge in [-0.25, -0.2) is 0 Å². The third kappa shape index (κ3) is 7.81. The van der Waals surface area contributed by atoms with E-state index >= 15 is 0 Å². The molecule has 0 aromatic heterocycles. The molecule has 0 bridgehead atoms. The van der Waals surface area contributed by atoms with Gasteiger partial charge in [0, 0.05) is 0 Å². The predicted octanol–water partition coefficient (Wildman–Crippen LogP) is 5.79. The van der Waals surface area contributed by atoms with Crippen LogP contribution in [0.15, 0.2) is 182 Å². The van der Waals surface area contributed by atoms with Crippen molar-refractivity contribution in [3.63, 3.8) is 0 Å². The Balaban J connectivity index is 0.000000192. The Labute approximate surface area is 296 Å². The maximum Gasteiger partial charge on any atom is 4.00 e. The van der Waals surface area contributed by atoms with Gasteiger partial charge in [-0.3, -0.25) is 0 Å². The minimum Gasteiger partial charge on any atom is -1.00 e. The van der Waals surface area contributed by atoms with Crippen molar-refractivity contribution in [3.05, 3.63) is 182 Å². The molecular formula is C42H30Cl2Hf. The fraction of sp³-hybridized carbons (Fsp3) is 0. The summed E-state index contributed by atoms with van der Waals surface area (Å²) in [6, 6.07) is 64.6. The minimum atomic E-state index is 0. The van der Waals surface area contributed by atoms with Crippen molar-refractivity contribution in [1.82, 2.24) is 0 Å².